The molecule has 0 unspecified atom stereocenters. The van der Waals surface area contributed by atoms with Crippen LogP contribution < -0.4 is 4.90 Å². The van der Waals surface area contributed by atoms with Crippen LogP contribution in [0.3, 0.4) is 0 Å². The monoisotopic (exact) mass is 415 g/mol. The number of para-hydroxylation sites is 2. The second-order valence-corrected chi connectivity index (χ2v) is 7.77. The Hall–Kier alpha value is -2.83. The smallest absolute Gasteiger partial charge is 0.328 e. The van der Waals surface area contributed by atoms with E-state index in [9.17, 15) is 18.0 Å². The third-order valence-electron chi connectivity index (χ3n) is 5.64. The highest BCUT2D eigenvalue weighted by Gasteiger charge is 2.36. The van der Waals surface area contributed by atoms with Crippen molar-refractivity contribution in [2.75, 3.05) is 11.4 Å². The Morgan fingerprint density at radius 1 is 1.10 bits per heavy atom. The van der Waals surface area contributed by atoms with E-state index in [1.165, 1.54) is 11.0 Å². The number of fused-ring (bicyclic) bond motifs is 1. The lowest BCUT2D eigenvalue weighted by atomic mass is 10.1. The molecule has 1 aliphatic rings. The number of benzene rings is 2. The Morgan fingerprint density at radius 3 is 2.67 bits per heavy atom. The molecule has 1 fully saturated rings. The van der Waals surface area contributed by atoms with E-state index in [1.807, 2.05) is 24.3 Å². The number of imidazole rings is 1. The van der Waals surface area contributed by atoms with Gasteiger partial charge in [0.05, 0.1) is 16.6 Å². The summed E-state index contributed by atoms with van der Waals surface area (Å²) < 4.78 is 41.5. The summed E-state index contributed by atoms with van der Waals surface area (Å²) in [6.07, 6.45) is -0.972. The van der Waals surface area contributed by atoms with Gasteiger partial charge in [0, 0.05) is 31.1 Å². The van der Waals surface area contributed by atoms with Crippen LogP contribution in [0.25, 0.3) is 11.0 Å². The van der Waals surface area contributed by atoms with Gasteiger partial charge in [0.15, 0.2) is 0 Å². The third kappa shape index (κ3) is 3.93. The molecule has 0 aliphatic carbocycles. The molecular weight excluding hydrogens is 391 g/mol. The highest BCUT2D eigenvalue weighted by molar-refractivity contribution is 5.96. The minimum Gasteiger partial charge on any atom is -0.328 e. The normalized spacial score (nSPS) is 17.3. The Morgan fingerprint density at radius 2 is 1.90 bits per heavy atom. The molecule has 1 atom stereocenters. The molecule has 0 spiro atoms. The van der Waals surface area contributed by atoms with Crippen LogP contribution in [-0.4, -0.2) is 22.0 Å². The molecule has 1 saturated heterocycles. The molecule has 0 N–H and O–H groups in total. The zero-order valence-electron chi connectivity index (χ0n) is 16.8. The molecule has 4 nitrogen and oxygen atoms in total. The van der Waals surface area contributed by atoms with Crippen molar-refractivity contribution >= 4 is 22.6 Å². The van der Waals surface area contributed by atoms with E-state index >= 15 is 0 Å². The van der Waals surface area contributed by atoms with Gasteiger partial charge in [0.2, 0.25) is 5.91 Å². The van der Waals surface area contributed by atoms with E-state index in [1.54, 1.807) is 6.07 Å². The largest absolute Gasteiger partial charge is 0.416 e. The van der Waals surface area contributed by atoms with Gasteiger partial charge in [0.1, 0.15) is 5.82 Å². The Bertz CT molecular complexity index is 1060. The van der Waals surface area contributed by atoms with E-state index in [0.717, 1.165) is 54.8 Å². The Balaban J connectivity index is 1.64. The van der Waals surface area contributed by atoms with Crippen molar-refractivity contribution in [3.8, 4) is 0 Å². The third-order valence-corrected chi connectivity index (χ3v) is 5.64. The summed E-state index contributed by atoms with van der Waals surface area (Å²) in [4.78, 5) is 19.0. The van der Waals surface area contributed by atoms with Crippen molar-refractivity contribution in [2.45, 2.75) is 51.2 Å². The molecule has 0 radical (unpaired) electrons. The average Bonchev–Trinajstić information content (AvgIpc) is 3.28. The standard InChI is InChI=1S/C23H24F3N3O/c1-2-3-6-12-28-20-11-5-4-10-19(20)27-22(28)16-13-21(30)29(15-16)18-9-7-8-17(14-18)23(24,25)26/h4-5,7-11,14,16H,2-3,6,12-13,15H2,1H3/t16-/m0/s1. The molecule has 1 aliphatic heterocycles. The van der Waals surface area contributed by atoms with Crippen molar-refractivity contribution in [3.05, 3.63) is 59.9 Å². The maximum absolute atomic E-state index is 13.1. The number of rotatable bonds is 6. The van der Waals surface area contributed by atoms with E-state index in [0.29, 0.717) is 6.54 Å². The maximum atomic E-state index is 13.1. The second kappa shape index (κ2) is 8.13. The van der Waals surface area contributed by atoms with E-state index in [4.69, 9.17) is 4.98 Å². The maximum Gasteiger partial charge on any atom is 0.416 e. The molecule has 1 aromatic heterocycles. The summed E-state index contributed by atoms with van der Waals surface area (Å²) >= 11 is 0. The number of amides is 1. The van der Waals surface area contributed by atoms with Crippen LogP contribution in [0.5, 0.6) is 0 Å². The number of hydrogen-bond acceptors (Lipinski definition) is 2. The Labute approximate surface area is 173 Å². The van der Waals surface area contributed by atoms with Crippen LogP contribution in [0.1, 0.15) is 49.9 Å². The quantitative estimate of drug-likeness (QED) is 0.480. The number of aromatic nitrogens is 2. The zero-order chi connectivity index (χ0) is 21.3. The van der Waals surface area contributed by atoms with Crippen molar-refractivity contribution < 1.29 is 18.0 Å². The van der Waals surface area contributed by atoms with Crippen molar-refractivity contribution in [2.24, 2.45) is 0 Å². The van der Waals surface area contributed by atoms with Crippen LogP contribution >= 0.6 is 0 Å². The zero-order valence-corrected chi connectivity index (χ0v) is 16.8. The summed E-state index contributed by atoms with van der Waals surface area (Å²) in [5.41, 5.74) is 1.46. The minimum absolute atomic E-state index is 0.152. The van der Waals surface area contributed by atoms with Crippen LogP contribution in [0.4, 0.5) is 18.9 Å². The summed E-state index contributed by atoms with van der Waals surface area (Å²) in [5.74, 6) is 0.516. The van der Waals surface area contributed by atoms with E-state index in [-0.39, 0.29) is 23.9 Å². The van der Waals surface area contributed by atoms with Gasteiger partial charge in [-0.25, -0.2) is 4.98 Å². The predicted molar refractivity (Wildman–Crippen MR) is 110 cm³/mol. The molecule has 3 aromatic rings. The van der Waals surface area contributed by atoms with Gasteiger partial charge in [-0.15, -0.1) is 0 Å². The van der Waals surface area contributed by atoms with Crippen LogP contribution in [0.2, 0.25) is 0 Å². The fourth-order valence-electron chi connectivity index (χ4n) is 4.14. The number of hydrogen-bond donors (Lipinski definition) is 0. The number of carbonyl (C=O) groups is 1. The number of anilines is 1. The van der Waals surface area contributed by atoms with Crippen LogP contribution in [0, 0.1) is 0 Å². The van der Waals surface area contributed by atoms with Gasteiger partial charge in [-0.1, -0.05) is 38.0 Å². The highest BCUT2D eigenvalue weighted by Crippen LogP contribution is 2.36. The molecule has 1 amide bonds. The molecule has 158 valence electrons. The summed E-state index contributed by atoms with van der Waals surface area (Å²) in [6.45, 7) is 3.30. The SMILES string of the molecule is CCCCCn1c([C@H]2CC(=O)N(c3cccc(C(F)(F)F)c3)C2)nc2ccccc21. The number of halogens is 3. The predicted octanol–water partition coefficient (Wildman–Crippen LogP) is 5.77. The lowest BCUT2D eigenvalue weighted by Crippen LogP contribution is -2.25. The number of alkyl halides is 3. The van der Waals surface area contributed by atoms with E-state index in [2.05, 4.69) is 11.5 Å². The Kier molecular flexibility index (Phi) is 5.54. The van der Waals surface area contributed by atoms with Crippen molar-refractivity contribution in [1.29, 1.82) is 0 Å². The first kappa shape index (κ1) is 20.4. The van der Waals surface area contributed by atoms with Gasteiger partial charge >= 0.3 is 6.18 Å². The molecule has 0 saturated carbocycles. The molecule has 2 heterocycles. The first-order valence-corrected chi connectivity index (χ1v) is 10.3. The average molecular weight is 415 g/mol. The fourth-order valence-corrected chi connectivity index (χ4v) is 4.14. The summed E-state index contributed by atoms with van der Waals surface area (Å²) in [5, 5.41) is 0. The van der Waals surface area contributed by atoms with Gasteiger partial charge < -0.3 is 9.47 Å². The number of carbonyl (C=O) groups excluding carboxylic acids is 1. The van der Waals surface area contributed by atoms with Crippen molar-refractivity contribution in [3.63, 3.8) is 0 Å². The molecule has 30 heavy (non-hydrogen) atoms. The lowest BCUT2D eigenvalue weighted by Gasteiger charge is -2.19. The van der Waals surface area contributed by atoms with Crippen LogP contribution in [0.15, 0.2) is 48.5 Å². The molecular formula is C23H24F3N3O. The first-order valence-electron chi connectivity index (χ1n) is 10.3. The molecule has 7 heteroatoms. The van der Waals surface area contributed by atoms with Crippen LogP contribution in [-0.2, 0) is 17.5 Å². The van der Waals surface area contributed by atoms with Gasteiger partial charge in [-0.2, -0.15) is 13.2 Å². The molecule has 2 aromatic carbocycles. The second-order valence-electron chi connectivity index (χ2n) is 7.77. The fraction of sp³-hybridized carbons (Fsp3) is 0.391. The highest BCUT2D eigenvalue weighted by atomic mass is 19.4. The van der Waals surface area contributed by atoms with E-state index < -0.39 is 11.7 Å². The van der Waals surface area contributed by atoms with Crippen molar-refractivity contribution in [1.82, 2.24) is 9.55 Å². The van der Waals surface area contributed by atoms with Gasteiger partial charge in [0.25, 0.3) is 0 Å². The molecule has 0 bridgehead atoms. The topological polar surface area (TPSA) is 38.1 Å². The first-order chi connectivity index (χ1) is 14.4. The lowest BCUT2D eigenvalue weighted by molar-refractivity contribution is -0.137. The summed E-state index contributed by atoms with van der Waals surface area (Å²) in [6, 6.07) is 12.9. The number of nitrogens with zero attached hydrogens (tertiary/aromatic N) is 3. The molecule has 4 rings (SSSR count). The summed E-state index contributed by atoms with van der Waals surface area (Å²) in [7, 11) is 0. The number of unbranched alkanes of at least 4 members (excludes halogenated alkanes) is 2. The van der Waals surface area contributed by atoms with Gasteiger partial charge in [-0.3, -0.25) is 4.79 Å². The number of aryl methyl sites for hydroxylation is 1. The van der Waals surface area contributed by atoms with Gasteiger partial charge in [-0.05, 0) is 36.8 Å². The minimum atomic E-state index is -4.44.